The van der Waals surface area contributed by atoms with E-state index in [0.29, 0.717) is 19.6 Å². The van der Waals surface area contributed by atoms with Crippen molar-refractivity contribution < 1.29 is 8.42 Å². The van der Waals surface area contributed by atoms with Crippen LogP contribution in [0, 0.1) is 0 Å². The summed E-state index contributed by atoms with van der Waals surface area (Å²) in [7, 11) is -3.27. The highest BCUT2D eigenvalue weighted by Gasteiger charge is 2.24. The van der Waals surface area contributed by atoms with Gasteiger partial charge in [-0.1, -0.05) is 6.42 Å². The van der Waals surface area contributed by atoms with Gasteiger partial charge in [0, 0.05) is 19.1 Å². The maximum absolute atomic E-state index is 11.9. The number of rotatable bonds is 6. The molecule has 1 rings (SSSR count). The topological polar surface area (TPSA) is 75.4 Å². The van der Waals surface area contributed by atoms with Crippen molar-refractivity contribution in [3.8, 4) is 0 Å². The van der Waals surface area contributed by atoms with E-state index >= 15 is 0 Å². The molecule has 0 aliphatic carbocycles. The van der Waals surface area contributed by atoms with E-state index in [2.05, 4.69) is 4.72 Å². The fraction of sp³-hybridized carbons (Fsp3) is 1.00. The summed E-state index contributed by atoms with van der Waals surface area (Å²) in [5.74, 6) is 0. The minimum absolute atomic E-state index is 0.0320. The van der Waals surface area contributed by atoms with E-state index in [4.69, 9.17) is 5.73 Å². The minimum Gasteiger partial charge on any atom is -0.330 e. The highest BCUT2D eigenvalue weighted by atomic mass is 32.2. The Morgan fingerprint density at radius 3 is 2.50 bits per heavy atom. The Hall–Kier alpha value is -0.170. The van der Waals surface area contributed by atoms with E-state index in [9.17, 15) is 8.42 Å². The molecule has 0 saturated carbocycles. The molecule has 16 heavy (non-hydrogen) atoms. The average molecular weight is 249 g/mol. The SMILES string of the molecule is CC(CCCN)NS(=O)(=O)N1CCCCC1. The van der Waals surface area contributed by atoms with Crippen LogP contribution in [0.2, 0.25) is 0 Å². The molecule has 0 bridgehead atoms. The van der Waals surface area contributed by atoms with Gasteiger partial charge in [-0.25, -0.2) is 0 Å². The van der Waals surface area contributed by atoms with E-state index in [0.717, 1.165) is 32.1 Å². The fourth-order valence-electron chi connectivity index (χ4n) is 1.92. The van der Waals surface area contributed by atoms with Gasteiger partial charge in [-0.15, -0.1) is 0 Å². The third kappa shape index (κ3) is 4.37. The minimum atomic E-state index is -3.27. The summed E-state index contributed by atoms with van der Waals surface area (Å²) in [5.41, 5.74) is 5.40. The van der Waals surface area contributed by atoms with Gasteiger partial charge in [-0.3, -0.25) is 0 Å². The summed E-state index contributed by atoms with van der Waals surface area (Å²) in [6.07, 6.45) is 4.72. The molecule has 1 aliphatic rings. The summed E-state index contributed by atoms with van der Waals surface area (Å²) >= 11 is 0. The van der Waals surface area contributed by atoms with Crippen LogP contribution in [0.25, 0.3) is 0 Å². The molecule has 1 atom stereocenters. The molecule has 3 N–H and O–H groups in total. The molecular formula is C10H23N3O2S. The number of hydrogen-bond acceptors (Lipinski definition) is 3. The summed E-state index contributed by atoms with van der Waals surface area (Å²) in [4.78, 5) is 0. The second-order valence-electron chi connectivity index (χ2n) is 4.41. The van der Waals surface area contributed by atoms with Crippen molar-refractivity contribution in [2.75, 3.05) is 19.6 Å². The largest absolute Gasteiger partial charge is 0.330 e. The normalized spacial score (nSPS) is 20.9. The predicted octanol–water partition coefficient (Wildman–Crippen LogP) is 0.434. The summed E-state index contributed by atoms with van der Waals surface area (Å²) in [6.45, 7) is 3.80. The van der Waals surface area contributed by atoms with Gasteiger partial charge in [-0.05, 0) is 39.2 Å². The molecule has 5 nitrogen and oxygen atoms in total. The Kier molecular flexibility index (Phi) is 5.68. The molecule has 1 aliphatic heterocycles. The van der Waals surface area contributed by atoms with Gasteiger partial charge < -0.3 is 5.73 Å². The molecule has 1 saturated heterocycles. The molecule has 6 heteroatoms. The number of hydrogen-bond donors (Lipinski definition) is 2. The lowest BCUT2D eigenvalue weighted by molar-refractivity contribution is 0.338. The molecule has 1 unspecified atom stereocenters. The monoisotopic (exact) mass is 249 g/mol. The maximum Gasteiger partial charge on any atom is 0.279 e. The molecular weight excluding hydrogens is 226 g/mol. The molecule has 0 radical (unpaired) electrons. The van der Waals surface area contributed by atoms with Crippen LogP contribution < -0.4 is 10.5 Å². The van der Waals surface area contributed by atoms with Crippen LogP contribution in [0.15, 0.2) is 0 Å². The molecule has 1 heterocycles. The Labute approximate surface area is 98.6 Å². The van der Waals surface area contributed by atoms with E-state index in [1.54, 1.807) is 4.31 Å². The van der Waals surface area contributed by atoms with Gasteiger partial charge >= 0.3 is 0 Å². The molecule has 0 spiro atoms. The lowest BCUT2D eigenvalue weighted by Crippen LogP contribution is -2.46. The first-order chi connectivity index (χ1) is 7.56. The van der Waals surface area contributed by atoms with Crippen molar-refractivity contribution in [1.29, 1.82) is 0 Å². The smallest absolute Gasteiger partial charge is 0.279 e. The number of nitrogens with two attached hydrogens (primary N) is 1. The van der Waals surface area contributed by atoms with Crippen molar-refractivity contribution in [3.63, 3.8) is 0 Å². The van der Waals surface area contributed by atoms with Crippen LogP contribution >= 0.6 is 0 Å². The highest BCUT2D eigenvalue weighted by molar-refractivity contribution is 7.87. The number of nitrogens with zero attached hydrogens (tertiary/aromatic N) is 1. The van der Waals surface area contributed by atoms with Gasteiger partial charge in [0.15, 0.2) is 0 Å². The van der Waals surface area contributed by atoms with Crippen molar-refractivity contribution in [1.82, 2.24) is 9.03 Å². The third-order valence-corrected chi connectivity index (χ3v) is 4.59. The van der Waals surface area contributed by atoms with E-state index in [1.807, 2.05) is 6.92 Å². The van der Waals surface area contributed by atoms with Crippen LogP contribution in [-0.4, -0.2) is 38.4 Å². The number of nitrogens with one attached hydrogen (secondary N) is 1. The standard InChI is InChI=1S/C10H23N3O2S/c1-10(6-5-7-11)12-16(14,15)13-8-3-2-4-9-13/h10,12H,2-9,11H2,1H3. The summed E-state index contributed by atoms with van der Waals surface area (Å²) in [5, 5.41) is 0. The quantitative estimate of drug-likeness (QED) is 0.717. The van der Waals surface area contributed by atoms with Crippen LogP contribution in [-0.2, 0) is 10.2 Å². The lowest BCUT2D eigenvalue weighted by atomic mass is 10.2. The van der Waals surface area contributed by atoms with Crippen molar-refractivity contribution >= 4 is 10.2 Å². The van der Waals surface area contributed by atoms with Gasteiger partial charge in [0.05, 0.1) is 0 Å². The van der Waals surface area contributed by atoms with Crippen LogP contribution in [0.4, 0.5) is 0 Å². The summed E-state index contributed by atoms with van der Waals surface area (Å²) < 4.78 is 28.1. The van der Waals surface area contributed by atoms with Crippen molar-refractivity contribution in [2.45, 2.75) is 45.1 Å². The van der Waals surface area contributed by atoms with Gasteiger partial charge in [0.25, 0.3) is 10.2 Å². The first-order valence-electron chi connectivity index (χ1n) is 6.04. The molecule has 1 fully saturated rings. The lowest BCUT2D eigenvalue weighted by Gasteiger charge is -2.27. The second-order valence-corrected chi connectivity index (χ2v) is 6.12. The Balaban J connectivity index is 2.43. The molecule has 0 aromatic rings. The summed E-state index contributed by atoms with van der Waals surface area (Å²) in [6, 6.07) is -0.0320. The van der Waals surface area contributed by atoms with Gasteiger partial charge in [0.1, 0.15) is 0 Å². The Bertz CT molecular complexity index is 286. The predicted molar refractivity (Wildman–Crippen MR) is 65.2 cm³/mol. The fourth-order valence-corrected chi connectivity index (χ4v) is 3.43. The van der Waals surface area contributed by atoms with Crippen molar-refractivity contribution in [3.05, 3.63) is 0 Å². The van der Waals surface area contributed by atoms with Crippen LogP contribution in [0.3, 0.4) is 0 Å². The van der Waals surface area contributed by atoms with E-state index < -0.39 is 10.2 Å². The zero-order valence-corrected chi connectivity index (χ0v) is 10.8. The second kappa shape index (κ2) is 6.54. The molecule has 0 aromatic carbocycles. The first kappa shape index (κ1) is 13.9. The first-order valence-corrected chi connectivity index (χ1v) is 7.48. The number of piperidine rings is 1. The van der Waals surface area contributed by atoms with Crippen LogP contribution in [0.1, 0.15) is 39.0 Å². The van der Waals surface area contributed by atoms with Crippen molar-refractivity contribution in [2.24, 2.45) is 5.73 Å². The van der Waals surface area contributed by atoms with E-state index in [1.165, 1.54) is 0 Å². The van der Waals surface area contributed by atoms with E-state index in [-0.39, 0.29) is 6.04 Å². The zero-order valence-electron chi connectivity index (χ0n) is 9.98. The Morgan fingerprint density at radius 2 is 1.94 bits per heavy atom. The molecule has 0 aromatic heterocycles. The highest BCUT2D eigenvalue weighted by Crippen LogP contribution is 2.12. The average Bonchev–Trinajstić information content (AvgIpc) is 2.27. The maximum atomic E-state index is 11.9. The zero-order chi connectivity index (χ0) is 12.0. The van der Waals surface area contributed by atoms with Crippen LogP contribution in [0.5, 0.6) is 0 Å². The molecule has 96 valence electrons. The van der Waals surface area contributed by atoms with Gasteiger partial charge in [-0.2, -0.15) is 17.4 Å². The van der Waals surface area contributed by atoms with Gasteiger partial charge in [0.2, 0.25) is 0 Å². The Morgan fingerprint density at radius 1 is 1.31 bits per heavy atom. The third-order valence-electron chi connectivity index (χ3n) is 2.85. The molecule has 0 amide bonds.